The summed E-state index contributed by atoms with van der Waals surface area (Å²) in [6.07, 6.45) is 3.83. The Morgan fingerprint density at radius 3 is 2.74 bits per heavy atom. The molecule has 1 aliphatic rings. The monoisotopic (exact) mass is 393 g/mol. The van der Waals surface area contributed by atoms with Crippen molar-refractivity contribution in [1.29, 1.82) is 0 Å². The summed E-state index contributed by atoms with van der Waals surface area (Å²) in [6, 6.07) is 8.55. The summed E-state index contributed by atoms with van der Waals surface area (Å²) in [5, 5.41) is 4.26. The topological polar surface area (TPSA) is 27.6 Å². The molecule has 0 bridgehead atoms. The number of guanidine groups is 1. The highest BCUT2D eigenvalue weighted by atomic mass is 127. The molecule has 0 saturated heterocycles. The second-order valence-corrected chi connectivity index (χ2v) is 5.24. The summed E-state index contributed by atoms with van der Waals surface area (Å²) < 4.78 is 0. The first-order chi connectivity index (χ1) is 8.69. The lowest BCUT2D eigenvalue weighted by molar-refractivity contribution is 0.359. The number of hydrogen-bond acceptors (Lipinski definition) is 1. The van der Waals surface area contributed by atoms with Gasteiger partial charge < -0.3 is 10.2 Å². The molecule has 0 spiro atoms. The van der Waals surface area contributed by atoms with E-state index in [1.54, 1.807) is 0 Å². The minimum absolute atomic E-state index is 0. The highest BCUT2D eigenvalue weighted by Crippen LogP contribution is 2.18. The van der Waals surface area contributed by atoms with Crippen LogP contribution in [0.15, 0.2) is 29.3 Å². The van der Waals surface area contributed by atoms with Crippen molar-refractivity contribution in [2.24, 2.45) is 4.99 Å². The fourth-order valence-electron chi connectivity index (χ4n) is 2.06. The first kappa shape index (κ1) is 16.6. The summed E-state index contributed by atoms with van der Waals surface area (Å²) in [4.78, 5) is 6.46. The van der Waals surface area contributed by atoms with Gasteiger partial charge in [0.05, 0.1) is 0 Å². The largest absolute Gasteiger partial charge is 0.354 e. The lowest BCUT2D eigenvalue weighted by atomic mass is 9.93. The maximum absolute atomic E-state index is 5.99. The second-order valence-electron chi connectivity index (χ2n) is 4.81. The van der Waals surface area contributed by atoms with E-state index in [0.29, 0.717) is 6.04 Å². The van der Waals surface area contributed by atoms with Gasteiger partial charge in [0.25, 0.3) is 0 Å². The van der Waals surface area contributed by atoms with Gasteiger partial charge in [0.15, 0.2) is 5.96 Å². The molecule has 1 fully saturated rings. The van der Waals surface area contributed by atoms with Crippen molar-refractivity contribution in [3.63, 3.8) is 0 Å². The minimum atomic E-state index is 0. The molecule has 0 heterocycles. The lowest BCUT2D eigenvalue weighted by Crippen LogP contribution is -2.46. The standard InChI is InChI=1S/C14H20ClN3.HI/c1-16-14(17-13-7-4-8-13)18(2)10-11-5-3-6-12(15)9-11;/h3,5-6,9,13H,4,7-8,10H2,1-2H3,(H,16,17);1H. The predicted octanol–water partition coefficient (Wildman–Crippen LogP) is 3.52. The van der Waals surface area contributed by atoms with Crippen molar-refractivity contribution in [2.75, 3.05) is 14.1 Å². The van der Waals surface area contributed by atoms with Crippen LogP contribution in [-0.2, 0) is 6.54 Å². The van der Waals surface area contributed by atoms with Gasteiger partial charge in [0.2, 0.25) is 0 Å². The molecule has 5 heteroatoms. The van der Waals surface area contributed by atoms with E-state index in [1.165, 1.54) is 24.8 Å². The third-order valence-electron chi connectivity index (χ3n) is 3.32. The molecular formula is C14H21ClIN3. The zero-order valence-corrected chi connectivity index (χ0v) is 14.5. The van der Waals surface area contributed by atoms with Gasteiger partial charge in [-0.3, -0.25) is 4.99 Å². The minimum Gasteiger partial charge on any atom is -0.354 e. The highest BCUT2D eigenvalue weighted by molar-refractivity contribution is 14.0. The fourth-order valence-corrected chi connectivity index (χ4v) is 2.28. The van der Waals surface area contributed by atoms with Gasteiger partial charge in [-0.15, -0.1) is 24.0 Å². The van der Waals surface area contributed by atoms with Crippen molar-refractivity contribution in [2.45, 2.75) is 31.8 Å². The summed E-state index contributed by atoms with van der Waals surface area (Å²) in [6.45, 7) is 0.812. The quantitative estimate of drug-likeness (QED) is 0.483. The zero-order chi connectivity index (χ0) is 13.0. The summed E-state index contributed by atoms with van der Waals surface area (Å²) in [5.41, 5.74) is 1.20. The third kappa shape index (κ3) is 4.84. The number of rotatable bonds is 3. The van der Waals surface area contributed by atoms with Crippen LogP contribution in [0.4, 0.5) is 0 Å². The van der Waals surface area contributed by atoms with E-state index in [9.17, 15) is 0 Å². The Kier molecular flexibility index (Phi) is 6.93. The molecule has 0 aliphatic heterocycles. The van der Waals surface area contributed by atoms with Crippen molar-refractivity contribution in [3.8, 4) is 0 Å². The number of halogens is 2. The first-order valence-electron chi connectivity index (χ1n) is 6.38. The van der Waals surface area contributed by atoms with Crippen LogP contribution in [0.5, 0.6) is 0 Å². The second kappa shape index (κ2) is 7.94. The molecule has 0 radical (unpaired) electrons. The normalized spacial score (nSPS) is 15.4. The zero-order valence-electron chi connectivity index (χ0n) is 11.4. The molecule has 0 unspecified atom stereocenters. The average Bonchev–Trinajstić information content (AvgIpc) is 2.27. The lowest BCUT2D eigenvalue weighted by Gasteiger charge is -2.31. The molecule has 0 aromatic heterocycles. The van der Waals surface area contributed by atoms with Crippen molar-refractivity contribution < 1.29 is 0 Å². The number of benzene rings is 1. The molecule has 1 aromatic rings. The molecule has 1 aromatic carbocycles. The van der Waals surface area contributed by atoms with Crippen LogP contribution < -0.4 is 5.32 Å². The smallest absolute Gasteiger partial charge is 0.193 e. The van der Waals surface area contributed by atoms with Crippen molar-refractivity contribution in [3.05, 3.63) is 34.9 Å². The number of hydrogen-bond donors (Lipinski definition) is 1. The van der Waals surface area contributed by atoms with Crippen LogP contribution in [0.1, 0.15) is 24.8 Å². The van der Waals surface area contributed by atoms with E-state index in [-0.39, 0.29) is 24.0 Å². The number of nitrogens with zero attached hydrogens (tertiary/aromatic N) is 2. The van der Waals surface area contributed by atoms with Gasteiger partial charge in [-0.05, 0) is 37.0 Å². The van der Waals surface area contributed by atoms with E-state index >= 15 is 0 Å². The molecule has 19 heavy (non-hydrogen) atoms. The van der Waals surface area contributed by atoms with E-state index in [4.69, 9.17) is 11.6 Å². The van der Waals surface area contributed by atoms with Crippen LogP contribution in [0, 0.1) is 0 Å². The van der Waals surface area contributed by atoms with Crippen LogP contribution >= 0.6 is 35.6 Å². The molecule has 0 atom stereocenters. The SMILES string of the molecule is CN=C(NC1CCC1)N(C)Cc1cccc(Cl)c1.I. The Balaban J connectivity index is 0.00000180. The summed E-state index contributed by atoms with van der Waals surface area (Å²) >= 11 is 5.99. The highest BCUT2D eigenvalue weighted by Gasteiger charge is 2.19. The van der Waals surface area contributed by atoms with Crippen LogP contribution in [0.3, 0.4) is 0 Å². The maximum atomic E-state index is 5.99. The molecule has 1 aliphatic carbocycles. The Bertz CT molecular complexity index is 432. The molecule has 3 nitrogen and oxygen atoms in total. The molecule has 0 amide bonds. The molecule has 1 saturated carbocycles. The van der Waals surface area contributed by atoms with Crippen LogP contribution in [0.25, 0.3) is 0 Å². The molecule has 106 valence electrons. The van der Waals surface area contributed by atoms with Crippen LogP contribution in [-0.4, -0.2) is 31.0 Å². The Labute approximate surface area is 137 Å². The Hall–Kier alpha value is -0.490. The van der Waals surface area contributed by atoms with E-state index < -0.39 is 0 Å². The molecule has 2 rings (SSSR count). The third-order valence-corrected chi connectivity index (χ3v) is 3.56. The fraction of sp³-hybridized carbons (Fsp3) is 0.500. The molecular weight excluding hydrogens is 373 g/mol. The summed E-state index contributed by atoms with van der Waals surface area (Å²) in [5.74, 6) is 0.958. The van der Waals surface area contributed by atoms with Gasteiger partial charge in [-0.25, -0.2) is 0 Å². The van der Waals surface area contributed by atoms with Gasteiger partial charge in [0, 0.05) is 31.7 Å². The number of aliphatic imine (C=N–C) groups is 1. The van der Waals surface area contributed by atoms with Gasteiger partial charge in [0.1, 0.15) is 0 Å². The van der Waals surface area contributed by atoms with Crippen molar-refractivity contribution in [1.82, 2.24) is 10.2 Å². The predicted molar refractivity (Wildman–Crippen MR) is 92.5 cm³/mol. The van der Waals surface area contributed by atoms with E-state index in [2.05, 4.69) is 28.3 Å². The van der Waals surface area contributed by atoms with Gasteiger partial charge in [-0.1, -0.05) is 23.7 Å². The van der Waals surface area contributed by atoms with E-state index in [0.717, 1.165) is 17.5 Å². The van der Waals surface area contributed by atoms with Crippen molar-refractivity contribution >= 4 is 41.5 Å². The van der Waals surface area contributed by atoms with Crippen LogP contribution in [0.2, 0.25) is 5.02 Å². The van der Waals surface area contributed by atoms with Gasteiger partial charge in [-0.2, -0.15) is 0 Å². The first-order valence-corrected chi connectivity index (χ1v) is 6.75. The van der Waals surface area contributed by atoms with Gasteiger partial charge >= 0.3 is 0 Å². The molecule has 1 N–H and O–H groups in total. The summed E-state index contributed by atoms with van der Waals surface area (Å²) in [7, 11) is 3.88. The number of nitrogens with one attached hydrogen (secondary N) is 1. The Morgan fingerprint density at radius 2 is 2.21 bits per heavy atom. The average molecular weight is 394 g/mol. The Morgan fingerprint density at radius 1 is 1.47 bits per heavy atom. The maximum Gasteiger partial charge on any atom is 0.193 e. The van der Waals surface area contributed by atoms with E-state index in [1.807, 2.05) is 25.2 Å².